The van der Waals surface area contributed by atoms with Crippen molar-refractivity contribution in [3.8, 4) is 5.75 Å². The van der Waals surface area contributed by atoms with Gasteiger partial charge in [-0.1, -0.05) is 18.2 Å². The van der Waals surface area contributed by atoms with E-state index in [9.17, 15) is 9.90 Å². The number of amides is 1. The number of carbonyl (C=O) groups excluding carboxylic acids is 1. The standard InChI is InChI=1S/C17H16N2O2/c1-18(13-6-4-3-5-7-13)17(21)16-11-12-10-14(20)8-9-15(12)19(16)2/h3-11,20H,1-2H3. The van der Waals surface area contributed by atoms with Crippen molar-refractivity contribution in [2.45, 2.75) is 0 Å². The molecule has 0 spiro atoms. The van der Waals surface area contributed by atoms with E-state index in [0.29, 0.717) is 5.69 Å². The van der Waals surface area contributed by atoms with Gasteiger partial charge >= 0.3 is 0 Å². The highest BCUT2D eigenvalue weighted by Gasteiger charge is 2.18. The Labute approximate surface area is 122 Å². The lowest BCUT2D eigenvalue weighted by atomic mass is 10.2. The van der Waals surface area contributed by atoms with Crippen LogP contribution in [0.3, 0.4) is 0 Å². The summed E-state index contributed by atoms with van der Waals surface area (Å²) < 4.78 is 1.84. The molecule has 0 saturated heterocycles. The Kier molecular flexibility index (Phi) is 3.14. The molecule has 1 N–H and O–H groups in total. The largest absolute Gasteiger partial charge is 0.508 e. The summed E-state index contributed by atoms with van der Waals surface area (Å²) in [6.07, 6.45) is 0. The van der Waals surface area contributed by atoms with Gasteiger partial charge < -0.3 is 14.6 Å². The van der Waals surface area contributed by atoms with Crippen LogP contribution in [0.15, 0.2) is 54.6 Å². The summed E-state index contributed by atoms with van der Waals surface area (Å²) in [5.41, 5.74) is 2.34. The number of nitrogens with zero attached hydrogens (tertiary/aromatic N) is 2. The zero-order chi connectivity index (χ0) is 15.0. The highest BCUT2D eigenvalue weighted by molar-refractivity contribution is 6.07. The van der Waals surface area contributed by atoms with Crippen LogP contribution in [0.2, 0.25) is 0 Å². The van der Waals surface area contributed by atoms with Gasteiger partial charge in [0.2, 0.25) is 0 Å². The number of phenolic OH excluding ortho intramolecular Hbond substituents is 1. The monoisotopic (exact) mass is 280 g/mol. The highest BCUT2D eigenvalue weighted by atomic mass is 16.3. The number of phenols is 1. The predicted molar refractivity (Wildman–Crippen MR) is 83.8 cm³/mol. The third-order valence-electron chi connectivity index (χ3n) is 3.69. The minimum absolute atomic E-state index is 0.0839. The molecule has 106 valence electrons. The van der Waals surface area contributed by atoms with E-state index in [2.05, 4.69) is 0 Å². The van der Waals surface area contributed by atoms with Gasteiger partial charge in [0, 0.05) is 30.7 Å². The number of rotatable bonds is 2. The third kappa shape index (κ3) is 2.25. The number of hydrogen-bond donors (Lipinski definition) is 1. The summed E-state index contributed by atoms with van der Waals surface area (Å²) in [5.74, 6) is 0.114. The van der Waals surface area contributed by atoms with Crippen LogP contribution in [0.1, 0.15) is 10.5 Å². The van der Waals surface area contributed by atoms with Crippen LogP contribution >= 0.6 is 0 Å². The first-order valence-corrected chi connectivity index (χ1v) is 6.69. The van der Waals surface area contributed by atoms with Crippen molar-refractivity contribution in [1.29, 1.82) is 0 Å². The van der Waals surface area contributed by atoms with E-state index in [0.717, 1.165) is 16.6 Å². The lowest BCUT2D eigenvalue weighted by Gasteiger charge is -2.17. The van der Waals surface area contributed by atoms with Crippen molar-refractivity contribution >= 4 is 22.5 Å². The molecule has 0 bridgehead atoms. The van der Waals surface area contributed by atoms with E-state index in [1.54, 1.807) is 30.1 Å². The molecule has 0 aliphatic carbocycles. The molecule has 0 saturated carbocycles. The van der Waals surface area contributed by atoms with Gasteiger partial charge in [-0.15, -0.1) is 0 Å². The second-order valence-electron chi connectivity index (χ2n) is 5.03. The van der Waals surface area contributed by atoms with Crippen molar-refractivity contribution in [3.63, 3.8) is 0 Å². The highest BCUT2D eigenvalue weighted by Crippen LogP contribution is 2.24. The van der Waals surface area contributed by atoms with E-state index in [1.165, 1.54) is 0 Å². The van der Waals surface area contributed by atoms with E-state index in [-0.39, 0.29) is 11.7 Å². The van der Waals surface area contributed by atoms with Crippen LogP contribution in [0.25, 0.3) is 10.9 Å². The molecule has 0 unspecified atom stereocenters. The molecule has 1 amide bonds. The molecule has 1 heterocycles. The van der Waals surface area contributed by atoms with Gasteiger partial charge in [0.1, 0.15) is 11.4 Å². The molecule has 0 atom stereocenters. The molecule has 2 aromatic carbocycles. The number of aryl methyl sites for hydroxylation is 1. The van der Waals surface area contributed by atoms with Crippen molar-refractivity contribution in [2.24, 2.45) is 7.05 Å². The molecule has 3 rings (SSSR count). The van der Waals surface area contributed by atoms with E-state index < -0.39 is 0 Å². The van der Waals surface area contributed by atoms with E-state index >= 15 is 0 Å². The number of carbonyl (C=O) groups is 1. The number of benzene rings is 2. The predicted octanol–water partition coefficient (Wildman–Crippen LogP) is 3.16. The van der Waals surface area contributed by atoms with Crippen LogP contribution in [0.4, 0.5) is 5.69 Å². The molecule has 3 aromatic rings. The normalized spacial score (nSPS) is 10.8. The Hall–Kier alpha value is -2.75. The molecule has 0 radical (unpaired) electrons. The summed E-state index contributed by atoms with van der Waals surface area (Å²) in [5, 5.41) is 10.4. The van der Waals surface area contributed by atoms with Crippen LogP contribution in [0, 0.1) is 0 Å². The Morgan fingerprint density at radius 1 is 1.10 bits per heavy atom. The van der Waals surface area contributed by atoms with Crippen molar-refractivity contribution < 1.29 is 9.90 Å². The Morgan fingerprint density at radius 2 is 1.81 bits per heavy atom. The summed E-state index contributed by atoms with van der Waals surface area (Å²) in [6, 6.07) is 16.4. The van der Waals surface area contributed by atoms with Gasteiger partial charge in [-0.25, -0.2) is 0 Å². The Morgan fingerprint density at radius 3 is 2.52 bits per heavy atom. The summed E-state index contributed by atoms with van der Waals surface area (Å²) in [6.45, 7) is 0. The average Bonchev–Trinajstić information content (AvgIpc) is 2.83. The van der Waals surface area contributed by atoms with Crippen LogP contribution in [-0.4, -0.2) is 22.6 Å². The molecule has 1 aromatic heterocycles. The molecule has 4 heteroatoms. The minimum atomic E-state index is -0.0839. The molecule has 4 nitrogen and oxygen atoms in total. The third-order valence-corrected chi connectivity index (χ3v) is 3.69. The molecular weight excluding hydrogens is 264 g/mol. The second kappa shape index (κ2) is 4.98. The Balaban J connectivity index is 2.04. The SMILES string of the molecule is CN(C(=O)c1cc2cc(O)ccc2n1C)c1ccccc1. The minimum Gasteiger partial charge on any atom is -0.508 e. The number of aromatic nitrogens is 1. The lowest BCUT2D eigenvalue weighted by Crippen LogP contribution is -2.27. The van der Waals surface area contributed by atoms with Crippen molar-refractivity contribution in [2.75, 3.05) is 11.9 Å². The summed E-state index contributed by atoms with van der Waals surface area (Å²) >= 11 is 0. The fourth-order valence-electron chi connectivity index (χ4n) is 2.48. The Bertz CT molecular complexity index is 806. The first-order chi connectivity index (χ1) is 10.1. The van der Waals surface area contributed by atoms with Gasteiger partial charge in [0.15, 0.2) is 0 Å². The van der Waals surface area contributed by atoms with Gasteiger partial charge in [-0.2, -0.15) is 0 Å². The number of fused-ring (bicyclic) bond motifs is 1. The first-order valence-electron chi connectivity index (χ1n) is 6.69. The van der Waals surface area contributed by atoms with Gasteiger partial charge in [0.05, 0.1) is 0 Å². The molecule has 0 aliphatic rings. The number of hydrogen-bond acceptors (Lipinski definition) is 2. The summed E-state index contributed by atoms with van der Waals surface area (Å²) in [7, 11) is 3.61. The number of para-hydroxylation sites is 1. The van der Waals surface area contributed by atoms with E-state index in [1.807, 2.05) is 48.0 Å². The quantitative estimate of drug-likeness (QED) is 0.783. The van der Waals surface area contributed by atoms with Crippen LogP contribution < -0.4 is 4.90 Å². The summed E-state index contributed by atoms with van der Waals surface area (Å²) in [4.78, 5) is 14.3. The van der Waals surface area contributed by atoms with E-state index in [4.69, 9.17) is 0 Å². The van der Waals surface area contributed by atoms with Gasteiger partial charge in [-0.05, 0) is 36.4 Å². The van der Waals surface area contributed by atoms with Gasteiger partial charge in [-0.3, -0.25) is 4.79 Å². The molecule has 21 heavy (non-hydrogen) atoms. The smallest absolute Gasteiger partial charge is 0.274 e. The number of aromatic hydroxyl groups is 1. The second-order valence-corrected chi connectivity index (χ2v) is 5.03. The fraction of sp³-hybridized carbons (Fsp3) is 0.118. The van der Waals surface area contributed by atoms with Gasteiger partial charge in [0.25, 0.3) is 5.91 Å². The van der Waals surface area contributed by atoms with Crippen LogP contribution in [0.5, 0.6) is 5.75 Å². The maximum atomic E-state index is 12.7. The fourth-order valence-corrected chi connectivity index (χ4v) is 2.48. The number of anilines is 1. The first kappa shape index (κ1) is 13.2. The average molecular weight is 280 g/mol. The van der Waals surface area contributed by atoms with Crippen molar-refractivity contribution in [3.05, 3.63) is 60.3 Å². The topological polar surface area (TPSA) is 45.5 Å². The molecule has 0 fully saturated rings. The zero-order valence-electron chi connectivity index (χ0n) is 11.9. The maximum Gasteiger partial charge on any atom is 0.274 e. The molecule has 0 aliphatic heterocycles. The molecular formula is C17H16N2O2. The van der Waals surface area contributed by atoms with Crippen molar-refractivity contribution in [1.82, 2.24) is 4.57 Å². The lowest BCUT2D eigenvalue weighted by molar-refractivity contribution is 0.0985. The maximum absolute atomic E-state index is 12.7. The zero-order valence-corrected chi connectivity index (χ0v) is 11.9. The van der Waals surface area contributed by atoms with Crippen LogP contribution in [-0.2, 0) is 7.05 Å².